The van der Waals surface area contributed by atoms with E-state index >= 15 is 0 Å². The number of methoxy groups -OCH3 is 1. The maximum atomic E-state index is 12.3. The van der Waals surface area contributed by atoms with Crippen molar-refractivity contribution in [3.8, 4) is 11.7 Å². The van der Waals surface area contributed by atoms with Crippen LogP contribution in [0.15, 0.2) is 60.0 Å². The number of aromatic nitrogens is 4. The highest BCUT2D eigenvalue weighted by Crippen LogP contribution is 2.17. The lowest BCUT2D eigenvalue weighted by atomic mass is 10.3. The van der Waals surface area contributed by atoms with Crippen LogP contribution < -0.4 is 9.46 Å². The Morgan fingerprint density at radius 2 is 1.83 bits per heavy atom. The summed E-state index contributed by atoms with van der Waals surface area (Å²) in [5, 5.41) is 4.09. The van der Waals surface area contributed by atoms with Gasteiger partial charge in [0.15, 0.2) is 0 Å². The first kappa shape index (κ1) is 15.0. The molecule has 0 amide bonds. The summed E-state index contributed by atoms with van der Waals surface area (Å²) < 4.78 is 33.5. The lowest BCUT2D eigenvalue weighted by Crippen LogP contribution is -2.13. The Labute approximate surface area is 132 Å². The van der Waals surface area contributed by atoms with Crippen LogP contribution in [0.2, 0.25) is 0 Å². The molecule has 0 atom stereocenters. The molecule has 118 valence electrons. The highest BCUT2D eigenvalue weighted by Gasteiger charge is 2.15. The van der Waals surface area contributed by atoms with Crippen LogP contribution in [0.25, 0.3) is 5.69 Å². The minimum absolute atomic E-state index is 0.129. The first-order chi connectivity index (χ1) is 11.1. The quantitative estimate of drug-likeness (QED) is 0.760. The van der Waals surface area contributed by atoms with Gasteiger partial charge in [-0.1, -0.05) is 0 Å². The molecule has 3 aromatic rings. The molecule has 0 aliphatic heterocycles. The molecule has 8 nitrogen and oxygen atoms in total. The second-order valence-electron chi connectivity index (χ2n) is 4.51. The molecule has 0 saturated carbocycles. The van der Waals surface area contributed by atoms with Crippen molar-refractivity contribution in [1.82, 2.24) is 19.7 Å². The molecule has 1 N–H and O–H groups in total. The van der Waals surface area contributed by atoms with Crippen LogP contribution in [-0.2, 0) is 10.0 Å². The van der Waals surface area contributed by atoms with Crippen LogP contribution in [0, 0.1) is 0 Å². The zero-order valence-electron chi connectivity index (χ0n) is 12.1. The van der Waals surface area contributed by atoms with Crippen molar-refractivity contribution in [1.29, 1.82) is 0 Å². The van der Waals surface area contributed by atoms with Gasteiger partial charge in [0, 0.05) is 12.4 Å². The summed E-state index contributed by atoms with van der Waals surface area (Å²) >= 11 is 0. The van der Waals surface area contributed by atoms with Gasteiger partial charge >= 0.3 is 6.01 Å². The van der Waals surface area contributed by atoms with Gasteiger partial charge in [-0.25, -0.2) is 23.1 Å². The van der Waals surface area contributed by atoms with E-state index in [2.05, 4.69) is 19.8 Å². The minimum Gasteiger partial charge on any atom is -0.467 e. The number of benzene rings is 1. The number of nitrogens with zero attached hydrogens (tertiary/aromatic N) is 4. The minimum atomic E-state index is -3.72. The Balaban J connectivity index is 1.81. The zero-order valence-corrected chi connectivity index (χ0v) is 12.9. The number of hydrogen-bond acceptors (Lipinski definition) is 6. The zero-order chi connectivity index (χ0) is 16.3. The summed E-state index contributed by atoms with van der Waals surface area (Å²) in [5.74, 6) is 0. The fourth-order valence-corrected chi connectivity index (χ4v) is 2.92. The van der Waals surface area contributed by atoms with Gasteiger partial charge < -0.3 is 4.74 Å². The van der Waals surface area contributed by atoms with Crippen LogP contribution in [-0.4, -0.2) is 35.3 Å². The molecule has 0 saturated heterocycles. The van der Waals surface area contributed by atoms with Crippen LogP contribution in [0.3, 0.4) is 0 Å². The van der Waals surface area contributed by atoms with Crippen molar-refractivity contribution < 1.29 is 13.2 Å². The fourth-order valence-electron chi connectivity index (χ4n) is 1.89. The third-order valence-electron chi connectivity index (χ3n) is 2.98. The monoisotopic (exact) mass is 331 g/mol. The van der Waals surface area contributed by atoms with Crippen LogP contribution in [0.4, 0.5) is 5.69 Å². The summed E-state index contributed by atoms with van der Waals surface area (Å²) in [6.45, 7) is 0. The highest BCUT2D eigenvalue weighted by molar-refractivity contribution is 7.92. The van der Waals surface area contributed by atoms with Gasteiger partial charge in [-0.2, -0.15) is 5.10 Å². The van der Waals surface area contributed by atoms with Crippen molar-refractivity contribution >= 4 is 15.7 Å². The summed E-state index contributed by atoms with van der Waals surface area (Å²) in [7, 11) is -2.29. The number of rotatable bonds is 5. The van der Waals surface area contributed by atoms with E-state index < -0.39 is 10.0 Å². The second-order valence-corrected chi connectivity index (χ2v) is 6.19. The fraction of sp³-hybridized carbons (Fsp3) is 0.0714. The van der Waals surface area contributed by atoms with E-state index in [0.29, 0.717) is 0 Å². The molecule has 0 bridgehead atoms. The van der Waals surface area contributed by atoms with Gasteiger partial charge in [-0.3, -0.25) is 4.72 Å². The molecule has 2 heterocycles. The smallest absolute Gasteiger partial charge is 0.316 e. The molecule has 23 heavy (non-hydrogen) atoms. The molecule has 3 rings (SSSR count). The maximum absolute atomic E-state index is 12.3. The Hall–Kier alpha value is -2.94. The summed E-state index contributed by atoms with van der Waals surface area (Å²) in [6, 6.07) is 8.30. The molecule has 2 aromatic heterocycles. The SMILES string of the molecule is COc1ncc(NS(=O)(=O)c2ccc(-n3cccn3)cc2)cn1. The molecule has 0 radical (unpaired) electrons. The molecule has 1 aromatic carbocycles. The number of ether oxygens (including phenoxy) is 1. The first-order valence-corrected chi connectivity index (χ1v) is 8.06. The van der Waals surface area contributed by atoms with Crippen LogP contribution in [0.1, 0.15) is 0 Å². The van der Waals surface area contributed by atoms with Crippen molar-refractivity contribution in [2.75, 3.05) is 11.8 Å². The van der Waals surface area contributed by atoms with E-state index in [9.17, 15) is 8.42 Å². The third kappa shape index (κ3) is 3.29. The van der Waals surface area contributed by atoms with Gasteiger partial charge in [0.25, 0.3) is 10.0 Å². The first-order valence-electron chi connectivity index (χ1n) is 6.57. The topological polar surface area (TPSA) is 99.0 Å². The molecule has 0 spiro atoms. The average Bonchev–Trinajstić information content (AvgIpc) is 3.10. The van der Waals surface area contributed by atoms with E-state index in [0.717, 1.165) is 5.69 Å². The highest BCUT2D eigenvalue weighted by atomic mass is 32.2. The molecule has 9 heteroatoms. The molecular weight excluding hydrogens is 318 g/mol. The Morgan fingerprint density at radius 3 is 2.39 bits per heavy atom. The van der Waals surface area contributed by atoms with E-state index in [4.69, 9.17) is 4.74 Å². The Morgan fingerprint density at radius 1 is 1.13 bits per heavy atom. The van der Waals surface area contributed by atoms with E-state index in [-0.39, 0.29) is 16.6 Å². The third-order valence-corrected chi connectivity index (χ3v) is 4.38. The average molecular weight is 331 g/mol. The van der Waals surface area contributed by atoms with Crippen molar-refractivity contribution in [2.24, 2.45) is 0 Å². The van der Waals surface area contributed by atoms with Gasteiger partial charge in [-0.15, -0.1) is 0 Å². The van der Waals surface area contributed by atoms with E-state index in [1.807, 2.05) is 0 Å². The number of anilines is 1. The largest absolute Gasteiger partial charge is 0.467 e. The molecule has 0 fully saturated rings. The lowest BCUT2D eigenvalue weighted by molar-refractivity contribution is 0.380. The predicted octanol–water partition coefficient (Wildman–Crippen LogP) is 1.47. The number of nitrogens with one attached hydrogen (secondary N) is 1. The van der Waals surface area contributed by atoms with Gasteiger partial charge in [0.05, 0.1) is 35.8 Å². The lowest BCUT2D eigenvalue weighted by Gasteiger charge is -2.08. The maximum Gasteiger partial charge on any atom is 0.316 e. The van der Waals surface area contributed by atoms with Crippen molar-refractivity contribution in [2.45, 2.75) is 4.90 Å². The standard InChI is InChI=1S/C14H13N5O3S/c1-22-14-15-9-11(10-16-14)18-23(20,21)13-5-3-12(4-6-13)19-8-2-7-17-19/h2-10,18H,1H3. The Kier molecular flexibility index (Phi) is 3.94. The summed E-state index contributed by atoms with van der Waals surface area (Å²) in [5.41, 5.74) is 1.02. The molecule has 0 aliphatic carbocycles. The molecule has 0 unspecified atom stereocenters. The number of hydrogen-bond donors (Lipinski definition) is 1. The second kappa shape index (κ2) is 6.05. The van der Waals surface area contributed by atoms with Crippen molar-refractivity contribution in [3.05, 3.63) is 55.1 Å². The van der Waals surface area contributed by atoms with Gasteiger partial charge in [-0.05, 0) is 30.3 Å². The van der Waals surface area contributed by atoms with E-state index in [1.54, 1.807) is 35.3 Å². The molecule has 0 aliphatic rings. The number of sulfonamides is 1. The summed E-state index contributed by atoms with van der Waals surface area (Å²) in [4.78, 5) is 7.83. The normalized spacial score (nSPS) is 11.2. The molecular formula is C14H13N5O3S. The van der Waals surface area contributed by atoms with Crippen LogP contribution >= 0.6 is 0 Å². The predicted molar refractivity (Wildman–Crippen MR) is 83.0 cm³/mol. The van der Waals surface area contributed by atoms with Gasteiger partial charge in [0.1, 0.15) is 0 Å². The van der Waals surface area contributed by atoms with Crippen molar-refractivity contribution in [3.63, 3.8) is 0 Å². The summed E-state index contributed by atoms with van der Waals surface area (Å²) in [6.07, 6.45) is 6.09. The Bertz CT molecular complexity index is 875. The van der Waals surface area contributed by atoms with Gasteiger partial charge in [0.2, 0.25) is 0 Å². The van der Waals surface area contributed by atoms with E-state index in [1.165, 1.54) is 31.6 Å². The van der Waals surface area contributed by atoms with Crippen LogP contribution in [0.5, 0.6) is 6.01 Å².